The van der Waals surface area contributed by atoms with Crippen molar-refractivity contribution in [2.45, 2.75) is 105 Å². The summed E-state index contributed by atoms with van der Waals surface area (Å²) in [4.78, 5) is 55.7. The van der Waals surface area contributed by atoms with E-state index in [1.807, 2.05) is 78.8 Å². The van der Waals surface area contributed by atoms with Crippen LogP contribution in [0.5, 0.6) is 0 Å². The average molecular weight is 574 g/mol. The third-order valence-electron chi connectivity index (χ3n) is 7.15. The van der Waals surface area contributed by atoms with Gasteiger partial charge in [0.05, 0.1) is 6.04 Å². The van der Waals surface area contributed by atoms with Gasteiger partial charge in [-0.2, -0.15) is 0 Å². The van der Waals surface area contributed by atoms with Crippen LogP contribution in [0, 0.1) is 11.3 Å². The van der Waals surface area contributed by atoms with Crippen LogP contribution in [0.25, 0.3) is 0 Å². The molecule has 0 aliphatic carbocycles. The van der Waals surface area contributed by atoms with Gasteiger partial charge in [-0.15, -0.1) is 0 Å². The molecular weight excluding hydrogens is 522 g/mol. The van der Waals surface area contributed by atoms with Crippen molar-refractivity contribution < 1.29 is 29.0 Å². The molecule has 0 saturated heterocycles. The summed E-state index contributed by atoms with van der Waals surface area (Å²) in [5.74, 6) is -2.02. The van der Waals surface area contributed by atoms with Crippen molar-refractivity contribution >= 4 is 23.9 Å². The maximum absolute atomic E-state index is 14.2. The number of likely N-dealkylation sites (N-methyl/N-ethyl adjacent to an activating group) is 2. The van der Waals surface area contributed by atoms with Gasteiger partial charge in [-0.05, 0) is 44.6 Å². The van der Waals surface area contributed by atoms with Crippen LogP contribution in [-0.2, 0) is 24.5 Å². The number of hydrogen-bond acceptors (Lipinski definition) is 5. The van der Waals surface area contributed by atoms with E-state index in [0.29, 0.717) is 0 Å². The summed E-state index contributed by atoms with van der Waals surface area (Å²) in [5, 5.41) is 12.4. The third-order valence-corrected chi connectivity index (χ3v) is 7.15. The Kier molecular flexibility index (Phi) is 11.8. The summed E-state index contributed by atoms with van der Waals surface area (Å²) in [7, 11) is 3.14. The van der Waals surface area contributed by atoms with Gasteiger partial charge in [0.15, 0.2) is 0 Å². The van der Waals surface area contributed by atoms with Crippen LogP contribution < -0.4 is 5.32 Å². The number of carboxylic acids is 1. The Morgan fingerprint density at radius 2 is 1.41 bits per heavy atom. The van der Waals surface area contributed by atoms with E-state index >= 15 is 0 Å². The number of amides is 3. The Hall–Kier alpha value is -3.36. The number of nitrogens with one attached hydrogen (secondary N) is 1. The van der Waals surface area contributed by atoms with Crippen molar-refractivity contribution in [3.63, 3.8) is 0 Å². The van der Waals surface area contributed by atoms with E-state index in [4.69, 9.17) is 4.74 Å². The minimum absolute atomic E-state index is 0.0855. The van der Waals surface area contributed by atoms with Gasteiger partial charge in [0.2, 0.25) is 11.8 Å². The van der Waals surface area contributed by atoms with E-state index in [2.05, 4.69) is 5.32 Å². The highest BCUT2D eigenvalue weighted by Gasteiger charge is 2.45. The predicted molar refractivity (Wildman–Crippen MR) is 161 cm³/mol. The first-order chi connectivity index (χ1) is 18.5. The van der Waals surface area contributed by atoms with Crippen LogP contribution in [0.3, 0.4) is 0 Å². The Labute approximate surface area is 246 Å². The first-order valence-corrected chi connectivity index (χ1v) is 14.0. The van der Waals surface area contributed by atoms with Gasteiger partial charge < -0.3 is 20.1 Å². The molecule has 3 atom stereocenters. The van der Waals surface area contributed by atoms with E-state index in [9.17, 15) is 24.3 Å². The molecule has 1 aromatic carbocycles. The van der Waals surface area contributed by atoms with Crippen LogP contribution in [0.4, 0.5) is 4.79 Å². The summed E-state index contributed by atoms with van der Waals surface area (Å²) >= 11 is 0. The Balaban J connectivity index is 3.59. The van der Waals surface area contributed by atoms with E-state index in [1.54, 1.807) is 33.9 Å². The Morgan fingerprint density at radius 1 is 0.902 bits per heavy atom. The molecule has 3 amide bonds. The molecule has 2 N–H and O–H groups in total. The quantitative estimate of drug-likeness (QED) is 0.370. The van der Waals surface area contributed by atoms with Gasteiger partial charge in [-0.3, -0.25) is 14.5 Å². The molecule has 0 radical (unpaired) electrons. The summed E-state index contributed by atoms with van der Waals surface area (Å²) in [6.45, 7) is 19.9. The lowest BCUT2D eigenvalue weighted by Gasteiger charge is -2.42. The van der Waals surface area contributed by atoms with E-state index in [0.717, 1.165) is 5.56 Å². The Morgan fingerprint density at radius 3 is 1.83 bits per heavy atom. The molecule has 0 saturated carbocycles. The Bertz CT molecular complexity index is 1110. The number of aliphatic carboxylic acids is 1. The largest absolute Gasteiger partial charge is 0.478 e. The molecule has 0 aromatic heterocycles. The van der Waals surface area contributed by atoms with Crippen LogP contribution in [0.1, 0.15) is 81.7 Å². The second-order valence-electron chi connectivity index (χ2n) is 13.7. The first kappa shape index (κ1) is 35.7. The maximum Gasteiger partial charge on any atom is 0.410 e. The van der Waals surface area contributed by atoms with Crippen LogP contribution in [0.15, 0.2) is 42.0 Å². The molecule has 230 valence electrons. The van der Waals surface area contributed by atoms with Crippen molar-refractivity contribution in [2.75, 3.05) is 14.1 Å². The summed E-state index contributed by atoms with van der Waals surface area (Å²) in [5.41, 5.74) is -1.39. The highest BCUT2D eigenvalue weighted by molar-refractivity contribution is 5.93. The molecule has 0 fully saturated rings. The summed E-state index contributed by atoms with van der Waals surface area (Å²) < 4.78 is 5.61. The lowest BCUT2D eigenvalue weighted by molar-refractivity contribution is -0.142. The summed E-state index contributed by atoms with van der Waals surface area (Å²) in [6, 6.07) is 6.90. The second kappa shape index (κ2) is 13.5. The fourth-order valence-corrected chi connectivity index (χ4v) is 4.75. The fourth-order valence-electron chi connectivity index (χ4n) is 4.75. The van der Waals surface area contributed by atoms with Crippen LogP contribution in [-0.4, -0.2) is 76.6 Å². The number of carbonyl (C=O) groups excluding carboxylic acids is 3. The van der Waals surface area contributed by atoms with Crippen molar-refractivity contribution in [3.05, 3.63) is 47.5 Å². The van der Waals surface area contributed by atoms with Gasteiger partial charge in [0.1, 0.15) is 17.7 Å². The molecular formula is C32H51N3O6. The number of carboxylic acid groups (broad SMARTS) is 1. The van der Waals surface area contributed by atoms with Gasteiger partial charge in [-0.1, -0.05) is 84.9 Å². The van der Waals surface area contributed by atoms with Crippen molar-refractivity contribution in [3.8, 4) is 0 Å². The standard InChI is InChI=1S/C32H51N3O6/c1-20(2)23(19-21(3)28(38)39)34(12)27(37)24(30(4,5)6)33-26(36)25(35(13)29(40)41-31(7,8)9)32(10,11)22-17-15-14-16-18-22/h14-20,23-25H,1-13H3,(H,33,36)(H,38,39). The molecule has 0 heterocycles. The molecule has 1 rings (SSSR count). The minimum Gasteiger partial charge on any atom is -0.478 e. The van der Waals surface area contributed by atoms with Crippen molar-refractivity contribution in [2.24, 2.45) is 11.3 Å². The fraction of sp³-hybridized carbons (Fsp3) is 0.625. The van der Waals surface area contributed by atoms with E-state index < -0.39 is 52.5 Å². The molecule has 0 aliphatic heterocycles. The van der Waals surface area contributed by atoms with E-state index in [1.165, 1.54) is 23.8 Å². The van der Waals surface area contributed by atoms with Crippen molar-refractivity contribution in [1.82, 2.24) is 15.1 Å². The molecule has 3 unspecified atom stereocenters. The lowest BCUT2D eigenvalue weighted by Crippen LogP contribution is -2.63. The zero-order valence-electron chi connectivity index (χ0n) is 27.2. The van der Waals surface area contributed by atoms with Crippen LogP contribution >= 0.6 is 0 Å². The molecule has 9 heteroatoms. The normalized spacial score (nSPS) is 15.0. The molecule has 9 nitrogen and oxygen atoms in total. The molecule has 41 heavy (non-hydrogen) atoms. The first-order valence-electron chi connectivity index (χ1n) is 14.0. The van der Waals surface area contributed by atoms with Gasteiger partial charge in [0, 0.05) is 25.1 Å². The van der Waals surface area contributed by atoms with Gasteiger partial charge in [-0.25, -0.2) is 9.59 Å². The highest BCUT2D eigenvalue weighted by atomic mass is 16.6. The lowest BCUT2D eigenvalue weighted by atomic mass is 9.76. The topological polar surface area (TPSA) is 116 Å². The average Bonchev–Trinajstić information content (AvgIpc) is 2.83. The molecule has 0 aliphatic rings. The number of rotatable bonds is 10. The smallest absolute Gasteiger partial charge is 0.410 e. The highest BCUT2D eigenvalue weighted by Crippen LogP contribution is 2.32. The van der Waals surface area contributed by atoms with Crippen molar-refractivity contribution in [1.29, 1.82) is 0 Å². The number of carbonyl (C=O) groups is 4. The maximum atomic E-state index is 14.2. The molecule has 0 bridgehead atoms. The number of nitrogens with zero attached hydrogens (tertiary/aromatic N) is 2. The van der Waals surface area contributed by atoms with Crippen LogP contribution in [0.2, 0.25) is 0 Å². The summed E-state index contributed by atoms with van der Waals surface area (Å²) in [6.07, 6.45) is 0.899. The number of benzene rings is 1. The second-order valence-corrected chi connectivity index (χ2v) is 13.7. The number of hydrogen-bond donors (Lipinski definition) is 2. The van der Waals surface area contributed by atoms with Gasteiger partial charge >= 0.3 is 12.1 Å². The zero-order chi connectivity index (χ0) is 32.1. The predicted octanol–water partition coefficient (Wildman–Crippen LogP) is 5.24. The SMILES string of the molecule is CC(=CC(C(C)C)N(C)C(=O)C(NC(=O)C(N(C)C(=O)OC(C)(C)C)C(C)(C)c1ccccc1)C(C)(C)C)C(=O)O. The molecule has 0 spiro atoms. The monoisotopic (exact) mass is 573 g/mol. The molecule has 1 aromatic rings. The third kappa shape index (κ3) is 9.61. The van der Waals surface area contributed by atoms with E-state index in [-0.39, 0.29) is 17.4 Å². The number of ether oxygens (including phenoxy) is 1. The zero-order valence-corrected chi connectivity index (χ0v) is 27.2. The van der Waals surface area contributed by atoms with Gasteiger partial charge in [0.25, 0.3) is 0 Å². The minimum atomic E-state index is -1.06.